The molecular weight excluding hydrogens is 496 g/mol. The second kappa shape index (κ2) is 10.9. The molecule has 0 atom stereocenters. The quantitative estimate of drug-likeness (QED) is 0.230. The Bertz CT molecular complexity index is 1350. The molecule has 0 aromatic heterocycles. The lowest BCUT2D eigenvalue weighted by atomic mass is 10.1. The minimum Gasteiger partial charge on any atom is -0.497 e. The lowest BCUT2D eigenvalue weighted by Gasteiger charge is -2.14. The maximum atomic E-state index is 12.3. The summed E-state index contributed by atoms with van der Waals surface area (Å²) in [4.78, 5) is 12.3. The molecule has 4 aromatic carbocycles. The number of methoxy groups -OCH3 is 2. The number of rotatable bonds is 8. The van der Waals surface area contributed by atoms with Crippen molar-refractivity contribution in [3.05, 3.63) is 100 Å². The van der Waals surface area contributed by atoms with Crippen LogP contribution >= 0.6 is 15.9 Å². The molecule has 0 heterocycles. The molecule has 0 aliphatic heterocycles. The van der Waals surface area contributed by atoms with Crippen LogP contribution in [0.4, 0.5) is 0 Å². The molecule has 0 spiro atoms. The number of fused-ring (bicyclic) bond motifs is 1. The number of carbonyl (C=O) groups is 1. The van der Waals surface area contributed by atoms with Crippen LogP contribution in [-0.2, 0) is 6.61 Å². The smallest absolute Gasteiger partial charge is 0.271 e. The number of carbonyl (C=O) groups excluding carboxylic acids is 1. The Morgan fingerprint density at radius 2 is 1.76 bits per heavy atom. The van der Waals surface area contributed by atoms with Gasteiger partial charge in [0, 0.05) is 5.56 Å². The minimum atomic E-state index is -0.337. The maximum absolute atomic E-state index is 12.3. The van der Waals surface area contributed by atoms with Gasteiger partial charge in [0.2, 0.25) is 0 Å². The van der Waals surface area contributed by atoms with E-state index in [4.69, 9.17) is 14.2 Å². The van der Waals surface area contributed by atoms with Crippen LogP contribution in [0.3, 0.4) is 0 Å². The third-order valence-electron chi connectivity index (χ3n) is 5.22. The van der Waals surface area contributed by atoms with Gasteiger partial charge in [-0.3, -0.25) is 4.79 Å². The second-order valence-corrected chi connectivity index (χ2v) is 8.25. The van der Waals surface area contributed by atoms with Crippen LogP contribution < -0.4 is 19.6 Å². The van der Waals surface area contributed by atoms with E-state index in [1.54, 1.807) is 50.8 Å². The fraction of sp³-hybridized carbons (Fsp3) is 0.111. The Morgan fingerprint density at radius 3 is 2.59 bits per heavy atom. The van der Waals surface area contributed by atoms with E-state index in [2.05, 4.69) is 50.7 Å². The maximum Gasteiger partial charge on any atom is 0.271 e. The van der Waals surface area contributed by atoms with Crippen LogP contribution in [0.15, 0.2) is 88.4 Å². The van der Waals surface area contributed by atoms with Gasteiger partial charge in [-0.25, -0.2) is 5.43 Å². The molecule has 172 valence electrons. The molecule has 0 saturated heterocycles. The molecule has 0 radical (unpaired) electrons. The number of benzene rings is 4. The predicted octanol–water partition coefficient (Wildman–Crippen LogP) is 5.96. The van der Waals surface area contributed by atoms with Crippen LogP contribution in [0.5, 0.6) is 17.2 Å². The van der Waals surface area contributed by atoms with Gasteiger partial charge in [-0.05, 0) is 68.2 Å². The van der Waals surface area contributed by atoms with Gasteiger partial charge in [0.1, 0.15) is 12.4 Å². The van der Waals surface area contributed by atoms with E-state index in [-0.39, 0.29) is 5.91 Å². The molecule has 4 aromatic rings. The zero-order chi connectivity index (χ0) is 23.9. The molecule has 0 unspecified atom stereocenters. The zero-order valence-corrected chi connectivity index (χ0v) is 20.3. The van der Waals surface area contributed by atoms with Crippen molar-refractivity contribution in [3.8, 4) is 17.2 Å². The number of nitrogens with one attached hydrogen (secondary N) is 1. The molecule has 4 rings (SSSR count). The Morgan fingerprint density at radius 1 is 0.971 bits per heavy atom. The first-order valence-corrected chi connectivity index (χ1v) is 11.3. The molecule has 0 aliphatic rings. The number of amides is 1. The van der Waals surface area contributed by atoms with Crippen molar-refractivity contribution >= 4 is 38.8 Å². The van der Waals surface area contributed by atoms with Crippen molar-refractivity contribution in [3.63, 3.8) is 0 Å². The molecule has 6 nitrogen and oxygen atoms in total. The summed E-state index contributed by atoms with van der Waals surface area (Å²) in [6, 6.07) is 24.8. The molecule has 34 heavy (non-hydrogen) atoms. The number of nitrogens with zero attached hydrogens (tertiary/aromatic N) is 1. The molecule has 0 bridgehead atoms. The first-order valence-electron chi connectivity index (χ1n) is 10.5. The van der Waals surface area contributed by atoms with E-state index >= 15 is 0 Å². The lowest BCUT2D eigenvalue weighted by molar-refractivity contribution is 0.0955. The van der Waals surface area contributed by atoms with Crippen molar-refractivity contribution in [2.24, 2.45) is 5.10 Å². The Kier molecular flexibility index (Phi) is 7.44. The summed E-state index contributed by atoms with van der Waals surface area (Å²) < 4.78 is 17.5. The summed E-state index contributed by atoms with van der Waals surface area (Å²) in [7, 11) is 3.13. The summed E-state index contributed by atoms with van der Waals surface area (Å²) in [5.74, 6) is 1.41. The standard InChI is InChI=1S/C27H23BrN2O4/c1-32-22-11-6-9-20(15-22)27(31)30-29-16-18-13-24(28)26(25(14-18)33-2)34-17-21-10-5-8-19-7-3-4-12-23(19)21/h3-16H,17H2,1-2H3,(H,30,31)/b29-16-. The Labute approximate surface area is 206 Å². The monoisotopic (exact) mass is 518 g/mol. The predicted molar refractivity (Wildman–Crippen MR) is 137 cm³/mol. The SMILES string of the molecule is COc1cccc(C(=O)N/N=C\c2cc(Br)c(OCc3cccc4ccccc34)c(OC)c2)c1. The summed E-state index contributed by atoms with van der Waals surface area (Å²) in [5, 5.41) is 6.38. The summed E-state index contributed by atoms with van der Waals surface area (Å²) in [6.45, 7) is 0.389. The highest BCUT2D eigenvalue weighted by Gasteiger charge is 2.13. The van der Waals surface area contributed by atoms with Crippen LogP contribution in [0, 0.1) is 0 Å². The van der Waals surface area contributed by atoms with E-state index in [1.165, 1.54) is 0 Å². The van der Waals surface area contributed by atoms with Gasteiger partial charge in [0.25, 0.3) is 5.91 Å². The largest absolute Gasteiger partial charge is 0.497 e. The highest BCUT2D eigenvalue weighted by atomic mass is 79.9. The number of ether oxygens (including phenoxy) is 3. The van der Waals surface area contributed by atoms with Crippen LogP contribution in [0.25, 0.3) is 10.8 Å². The fourth-order valence-electron chi connectivity index (χ4n) is 3.52. The van der Waals surface area contributed by atoms with Crippen molar-refractivity contribution in [1.29, 1.82) is 0 Å². The third-order valence-corrected chi connectivity index (χ3v) is 5.80. The van der Waals surface area contributed by atoms with E-state index in [0.717, 1.165) is 21.9 Å². The lowest BCUT2D eigenvalue weighted by Crippen LogP contribution is -2.17. The van der Waals surface area contributed by atoms with E-state index in [1.807, 2.05) is 24.3 Å². The van der Waals surface area contributed by atoms with Crippen molar-refractivity contribution in [2.45, 2.75) is 6.61 Å². The number of hydrazone groups is 1. The van der Waals surface area contributed by atoms with Gasteiger partial charge < -0.3 is 14.2 Å². The number of hydrogen-bond donors (Lipinski definition) is 1. The number of halogens is 1. The average molecular weight is 519 g/mol. The summed E-state index contributed by atoms with van der Waals surface area (Å²) in [5.41, 5.74) is 4.78. The molecule has 0 aliphatic carbocycles. The average Bonchev–Trinajstić information content (AvgIpc) is 2.87. The molecule has 0 saturated carbocycles. The van der Waals surface area contributed by atoms with E-state index < -0.39 is 0 Å². The van der Waals surface area contributed by atoms with Gasteiger partial charge in [-0.2, -0.15) is 5.10 Å². The van der Waals surface area contributed by atoms with Gasteiger partial charge >= 0.3 is 0 Å². The zero-order valence-electron chi connectivity index (χ0n) is 18.7. The van der Waals surface area contributed by atoms with Crippen molar-refractivity contribution in [1.82, 2.24) is 5.43 Å². The molecular formula is C27H23BrN2O4. The van der Waals surface area contributed by atoms with Crippen molar-refractivity contribution < 1.29 is 19.0 Å². The fourth-order valence-corrected chi connectivity index (χ4v) is 4.09. The molecule has 0 fully saturated rings. The van der Waals surface area contributed by atoms with Crippen LogP contribution in [-0.4, -0.2) is 26.3 Å². The molecule has 1 amide bonds. The van der Waals surface area contributed by atoms with Gasteiger partial charge in [-0.15, -0.1) is 0 Å². The minimum absolute atomic E-state index is 0.337. The first-order chi connectivity index (χ1) is 16.6. The van der Waals surface area contributed by atoms with Crippen molar-refractivity contribution in [2.75, 3.05) is 14.2 Å². The van der Waals surface area contributed by atoms with Gasteiger partial charge in [0.15, 0.2) is 11.5 Å². The van der Waals surface area contributed by atoms with E-state index in [9.17, 15) is 4.79 Å². The van der Waals surface area contributed by atoms with Crippen LogP contribution in [0.1, 0.15) is 21.5 Å². The second-order valence-electron chi connectivity index (χ2n) is 7.39. The topological polar surface area (TPSA) is 69.2 Å². The Hall–Kier alpha value is -3.84. The Balaban J connectivity index is 1.47. The number of hydrogen-bond acceptors (Lipinski definition) is 5. The van der Waals surface area contributed by atoms with Gasteiger partial charge in [0.05, 0.1) is 24.9 Å². The van der Waals surface area contributed by atoms with Gasteiger partial charge in [-0.1, -0.05) is 48.5 Å². The van der Waals surface area contributed by atoms with E-state index in [0.29, 0.717) is 33.9 Å². The molecule has 1 N–H and O–H groups in total. The van der Waals surface area contributed by atoms with Crippen LogP contribution in [0.2, 0.25) is 0 Å². The summed E-state index contributed by atoms with van der Waals surface area (Å²) >= 11 is 3.57. The first kappa shape index (κ1) is 23.3. The summed E-state index contributed by atoms with van der Waals surface area (Å²) in [6.07, 6.45) is 1.54. The molecule has 7 heteroatoms. The highest BCUT2D eigenvalue weighted by Crippen LogP contribution is 2.37. The highest BCUT2D eigenvalue weighted by molar-refractivity contribution is 9.10. The third kappa shape index (κ3) is 5.38. The normalized spacial score (nSPS) is 10.9.